The molecule has 1 aliphatic rings. The van der Waals surface area contributed by atoms with Gasteiger partial charge in [-0.2, -0.15) is 0 Å². The first-order chi connectivity index (χ1) is 15.0. The van der Waals surface area contributed by atoms with E-state index in [4.69, 9.17) is 4.42 Å². The van der Waals surface area contributed by atoms with E-state index in [0.29, 0.717) is 18.7 Å². The number of fused-ring (bicyclic) bond motifs is 1. The summed E-state index contributed by atoms with van der Waals surface area (Å²) in [6.45, 7) is 6.51. The van der Waals surface area contributed by atoms with Crippen LogP contribution in [0.1, 0.15) is 18.1 Å². The smallest absolute Gasteiger partial charge is 0.336 e. The van der Waals surface area contributed by atoms with Crippen molar-refractivity contribution in [2.45, 2.75) is 19.9 Å². The second-order valence-electron chi connectivity index (χ2n) is 7.89. The van der Waals surface area contributed by atoms with Gasteiger partial charge in [0.2, 0.25) is 5.91 Å². The van der Waals surface area contributed by atoms with Gasteiger partial charge in [0.1, 0.15) is 5.58 Å². The summed E-state index contributed by atoms with van der Waals surface area (Å²) < 4.78 is 6.32. The van der Waals surface area contributed by atoms with E-state index in [2.05, 4.69) is 44.0 Å². The largest absolute Gasteiger partial charge is 0.423 e. The van der Waals surface area contributed by atoms with Gasteiger partial charge < -0.3 is 9.73 Å². The summed E-state index contributed by atoms with van der Waals surface area (Å²) in [6, 6.07) is 15.2. The maximum absolute atomic E-state index is 12.4. The Morgan fingerprint density at radius 3 is 2.58 bits per heavy atom. The lowest BCUT2D eigenvalue weighted by molar-refractivity contribution is -0.117. The Kier molecular flexibility index (Phi) is 6.85. The van der Waals surface area contributed by atoms with Gasteiger partial charge in [-0.05, 0) is 47.9 Å². The lowest BCUT2D eigenvalue weighted by Gasteiger charge is -2.34. The Hall–Kier alpha value is -2.48. The number of halogens is 1. The summed E-state index contributed by atoms with van der Waals surface area (Å²) >= 11 is 3.42. The van der Waals surface area contributed by atoms with E-state index in [-0.39, 0.29) is 11.5 Å². The molecule has 6 nitrogen and oxygen atoms in total. The van der Waals surface area contributed by atoms with E-state index in [0.717, 1.165) is 53.7 Å². The van der Waals surface area contributed by atoms with Crippen LogP contribution in [0.3, 0.4) is 0 Å². The predicted octanol–water partition coefficient (Wildman–Crippen LogP) is 3.87. The fraction of sp³-hybridized carbons (Fsp3) is 0.333. The third-order valence-electron chi connectivity index (χ3n) is 5.64. The third kappa shape index (κ3) is 5.61. The van der Waals surface area contributed by atoms with Gasteiger partial charge in [-0.25, -0.2) is 4.79 Å². The first-order valence-corrected chi connectivity index (χ1v) is 11.4. The number of carbonyl (C=O) groups is 1. The van der Waals surface area contributed by atoms with Crippen LogP contribution >= 0.6 is 15.9 Å². The summed E-state index contributed by atoms with van der Waals surface area (Å²) in [7, 11) is 0. The molecule has 4 rings (SSSR count). The molecule has 1 fully saturated rings. The van der Waals surface area contributed by atoms with Crippen molar-refractivity contribution < 1.29 is 9.21 Å². The highest BCUT2D eigenvalue weighted by Crippen LogP contribution is 2.21. The zero-order chi connectivity index (χ0) is 21.8. The minimum atomic E-state index is -0.311. The molecule has 162 valence electrons. The number of nitrogens with one attached hydrogen (secondary N) is 1. The maximum atomic E-state index is 12.4. The molecule has 31 heavy (non-hydrogen) atoms. The van der Waals surface area contributed by atoms with E-state index in [9.17, 15) is 9.59 Å². The molecule has 0 bridgehead atoms. The van der Waals surface area contributed by atoms with E-state index in [1.807, 2.05) is 36.4 Å². The molecule has 0 atom stereocenters. The second kappa shape index (κ2) is 9.77. The fourth-order valence-electron chi connectivity index (χ4n) is 3.94. The Morgan fingerprint density at radius 2 is 1.84 bits per heavy atom. The zero-order valence-corrected chi connectivity index (χ0v) is 19.2. The Bertz CT molecular complexity index is 1140. The SMILES string of the molecule is CCc1ccc2oc(=O)cc(CN3CCN(CC(=O)Nc4cccc(Br)c4)CC3)c2c1. The molecular formula is C24H26BrN3O3. The molecule has 0 radical (unpaired) electrons. The van der Waals surface area contributed by atoms with Gasteiger partial charge in [0.15, 0.2) is 0 Å². The van der Waals surface area contributed by atoms with Crippen LogP contribution in [-0.2, 0) is 17.8 Å². The van der Waals surface area contributed by atoms with Gasteiger partial charge in [0.05, 0.1) is 6.54 Å². The summed E-state index contributed by atoms with van der Waals surface area (Å²) in [5.74, 6) is -0.00898. The minimum absolute atomic E-state index is 0.00898. The molecule has 0 spiro atoms. The number of piperazine rings is 1. The minimum Gasteiger partial charge on any atom is -0.423 e. The molecule has 1 aromatic heterocycles. The van der Waals surface area contributed by atoms with E-state index < -0.39 is 0 Å². The van der Waals surface area contributed by atoms with Gasteiger partial charge in [0.25, 0.3) is 0 Å². The van der Waals surface area contributed by atoms with Crippen LogP contribution in [0.15, 0.2) is 62.2 Å². The van der Waals surface area contributed by atoms with Crippen molar-refractivity contribution in [2.75, 3.05) is 38.0 Å². The normalized spacial score (nSPS) is 15.3. The van der Waals surface area contributed by atoms with Crippen LogP contribution in [-0.4, -0.2) is 48.4 Å². The van der Waals surface area contributed by atoms with Gasteiger partial charge in [-0.1, -0.05) is 35.0 Å². The second-order valence-corrected chi connectivity index (χ2v) is 8.80. The molecule has 2 aromatic carbocycles. The van der Waals surface area contributed by atoms with Crippen molar-refractivity contribution in [3.05, 3.63) is 74.6 Å². The van der Waals surface area contributed by atoms with E-state index in [1.54, 1.807) is 6.07 Å². The predicted molar refractivity (Wildman–Crippen MR) is 126 cm³/mol. The monoisotopic (exact) mass is 483 g/mol. The number of rotatable bonds is 6. The van der Waals surface area contributed by atoms with Gasteiger partial charge in [-0.15, -0.1) is 0 Å². The van der Waals surface area contributed by atoms with Crippen molar-refractivity contribution in [3.63, 3.8) is 0 Å². The summed E-state index contributed by atoms with van der Waals surface area (Å²) in [5, 5.41) is 3.96. The number of hydrogen-bond acceptors (Lipinski definition) is 5. The number of nitrogens with zero attached hydrogens (tertiary/aromatic N) is 2. The highest BCUT2D eigenvalue weighted by Gasteiger charge is 2.20. The first kappa shape index (κ1) is 21.7. The Labute approximate surface area is 190 Å². The summed E-state index contributed by atoms with van der Waals surface area (Å²) in [5.41, 5.74) is 3.35. The number of benzene rings is 2. The number of carbonyl (C=O) groups excluding carboxylic acids is 1. The topological polar surface area (TPSA) is 65.8 Å². The average molecular weight is 484 g/mol. The molecule has 2 heterocycles. The van der Waals surface area contributed by atoms with Gasteiger partial charge in [-0.3, -0.25) is 14.6 Å². The summed E-state index contributed by atoms with van der Waals surface area (Å²) in [6.07, 6.45) is 0.940. The molecule has 1 saturated heterocycles. The quantitative estimate of drug-likeness (QED) is 0.539. The third-order valence-corrected chi connectivity index (χ3v) is 6.13. The molecule has 0 aliphatic carbocycles. The van der Waals surface area contributed by atoms with Crippen molar-refractivity contribution in [3.8, 4) is 0 Å². The zero-order valence-electron chi connectivity index (χ0n) is 17.6. The average Bonchev–Trinajstić information content (AvgIpc) is 2.75. The van der Waals surface area contributed by atoms with Crippen molar-refractivity contribution in [1.82, 2.24) is 9.80 Å². The molecule has 7 heteroatoms. The van der Waals surface area contributed by atoms with Crippen molar-refractivity contribution >= 4 is 38.5 Å². The Morgan fingerprint density at radius 1 is 1.06 bits per heavy atom. The highest BCUT2D eigenvalue weighted by atomic mass is 79.9. The van der Waals surface area contributed by atoms with E-state index in [1.165, 1.54) is 5.56 Å². The molecule has 1 amide bonds. The molecular weight excluding hydrogens is 458 g/mol. The van der Waals surface area contributed by atoms with Crippen LogP contribution in [0.2, 0.25) is 0 Å². The van der Waals surface area contributed by atoms with Crippen LogP contribution < -0.4 is 10.9 Å². The summed E-state index contributed by atoms with van der Waals surface area (Å²) in [4.78, 5) is 28.9. The number of hydrogen-bond donors (Lipinski definition) is 1. The maximum Gasteiger partial charge on any atom is 0.336 e. The number of amides is 1. The highest BCUT2D eigenvalue weighted by molar-refractivity contribution is 9.10. The van der Waals surface area contributed by atoms with Crippen LogP contribution in [0, 0.1) is 0 Å². The standard InChI is InChI=1S/C24H26BrN3O3/c1-2-17-6-7-22-21(12-17)18(13-24(30)31-22)15-27-8-10-28(11-9-27)16-23(29)26-20-5-3-4-19(25)14-20/h3-7,12-14H,2,8-11,15-16H2,1H3,(H,26,29). The van der Waals surface area contributed by atoms with Gasteiger partial charge in [0, 0.05) is 54.3 Å². The first-order valence-electron chi connectivity index (χ1n) is 10.6. The molecule has 0 unspecified atom stereocenters. The van der Waals surface area contributed by atoms with E-state index >= 15 is 0 Å². The van der Waals surface area contributed by atoms with Crippen molar-refractivity contribution in [1.29, 1.82) is 0 Å². The lowest BCUT2D eigenvalue weighted by atomic mass is 10.0. The molecule has 0 saturated carbocycles. The fourth-order valence-corrected chi connectivity index (χ4v) is 4.34. The number of anilines is 1. The van der Waals surface area contributed by atoms with Gasteiger partial charge >= 0.3 is 5.63 Å². The lowest BCUT2D eigenvalue weighted by Crippen LogP contribution is -2.48. The Balaban J connectivity index is 1.35. The van der Waals surface area contributed by atoms with Crippen LogP contribution in [0.5, 0.6) is 0 Å². The van der Waals surface area contributed by atoms with Crippen molar-refractivity contribution in [2.24, 2.45) is 0 Å². The molecule has 1 aliphatic heterocycles. The van der Waals surface area contributed by atoms with Crippen LogP contribution in [0.25, 0.3) is 11.0 Å². The van der Waals surface area contributed by atoms with Crippen LogP contribution in [0.4, 0.5) is 5.69 Å². The molecule has 3 aromatic rings. The number of aryl methyl sites for hydroxylation is 1. The molecule has 1 N–H and O–H groups in total.